The Morgan fingerprint density at radius 2 is 0.968 bits per heavy atom. The number of carbonyl (C=O) groups is 3. The molecule has 8 aliphatic carbocycles. The Kier molecular flexibility index (Phi) is 3.78. The largest absolute Gasteiger partial charge is 0.478 e. The number of ketones is 2. The van der Waals surface area contributed by atoms with Crippen molar-refractivity contribution in [1.29, 1.82) is 0 Å². The fourth-order valence-electron chi connectivity index (χ4n) is 9.64. The van der Waals surface area contributed by atoms with Crippen molar-refractivity contribution >= 4 is 17.5 Å². The first-order valence-corrected chi connectivity index (χ1v) is 12.4. The highest BCUT2D eigenvalue weighted by Gasteiger charge is 2.55. The number of hydrogen-bond acceptors (Lipinski definition) is 3. The van der Waals surface area contributed by atoms with Crippen LogP contribution < -0.4 is 0 Å². The monoisotopic (exact) mass is 418 g/mol. The zero-order chi connectivity index (χ0) is 21.0. The molecular formula is C27H30O4. The molecule has 9 rings (SSSR count). The lowest BCUT2D eigenvalue weighted by molar-refractivity contribution is -0.142. The fourth-order valence-corrected chi connectivity index (χ4v) is 9.64. The molecule has 4 heteroatoms. The number of Topliss-reactive ketones (excluding diaryl/α,β-unsaturated/α-hetero) is 2. The van der Waals surface area contributed by atoms with Gasteiger partial charge in [0.2, 0.25) is 0 Å². The Labute approximate surface area is 182 Å². The van der Waals surface area contributed by atoms with Gasteiger partial charge in [-0.3, -0.25) is 9.59 Å². The summed E-state index contributed by atoms with van der Waals surface area (Å²) in [6, 6.07) is 6.27. The minimum atomic E-state index is -0.777. The van der Waals surface area contributed by atoms with Crippen LogP contribution in [0.4, 0.5) is 0 Å². The van der Waals surface area contributed by atoms with E-state index in [9.17, 15) is 19.5 Å². The molecule has 8 saturated carbocycles. The summed E-state index contributed by atoms with van der Waals surface area (Å²) in [4.78, 5) is 37.7. The van der Waals surface area contributed by atoms with Crippen molar-refractivity contribution in [1.82, 2.24) is 0 Å². The maximum atomic E-state index is 12.7. The minimum absolute atomic E-state index is 0.233. The van der Waals surface area contributed by atoms with Gasteiger partial charge in [0.05, 0.1) is 5.56 Å². The van der Waals surface area contributed by atoms with Crippen LogP contribution in [0.5, 0.6) is 0 Å². The van der Waals surface area contributed by atoms with Crippen LogP contribution in [0.1, 0.15) is 84.7 Å². The molecule has 0 unspecified atom stereocenters. The van der Waals surface area contributed by atoms with Crippen LogP contribution in [0.2, 0.25) is 0 Å². The van der Waals surface area contributed by atoms with Gasteiger partial charge in [-0.05, 0) is 98.0 Å². The van der Waals surface area contributed by atoms with E-state index in [1.807, 2.05) is 0 Å². The second-order valence-electron chi connectivity index (χ2n) is 11.7. The smallest absolute Gasteiger partial charge is 0.336 e. The summed E-state index contributed by atoms with van der Waals surface area (Å²) in [7, 11) is 0. The first kappa shape index (κ1) is 18.6. The number of carbonyl (C=O) groups excluding carboxylic acids is 2. The maximum absolute atomic E-state index is 12.7. The molecule has 0 atom stereocenters. The van der Waals surface area contributed by atoms with Crippen molar-refractivity contribution < 1.29 is 19.5 Å². The third-order valence-corrected chi connectivity index (χ3v) is 10.4. The van der Waals surface area contributed by atoms with Crippen LogP contribution in [0, 0.1) is 47.3 Å². The lowest BCUT2D eigenvalue weighted by Gasteiger charge is -2.55. The van der Waals surface area contributed by atoms with E-state index in [0.29, 0.717) is 52.6 Å². The molecule has 1 aromatic carbocycles. The van der Waals surface area contributed by atoms with Gasteiger partial charge in [0.25, 0.3) is 0 Å². The van der Waals surface area contributed by atoms with E-state index < -0.39 is 5.97 Å². The Morgan fingerprint density at radius 3 is 1.26 bits per heavy atom. The van der Waals surface area contributed by atoms with Gasteiger partial charge in [0.15, 0.2) is 0 Å². The van der Waals surface area contributed by atoms with Gasteiger partial charge in [0, 0.05) is 23.7 Å². The average molecular weight is 419 g/mol. The molecule has 162 valence electrons. The van der Waals surface area contributed by atoms with Crippen molar-refractivity contribution in [2.75, 3.05) is 0 Å². The third-order valence-electron chi connectivity index (χ3n) is 10.4. The van der Waals surface area contributed by atoms with Crippen LogP contribution in [0.15, 0.2) is 18.2 Å². The van der Waals surface area contributed by atoms with Crippen molar-refractivity contribution in [2.45, 2.75) is 63.2 Å². The molecule has 8 aliphatic rings. The molecule has 0 heterocycles. The van der Waals surface area contributed by atoms with Gasteiger partial charge < -0.3 is 5.11 Å². The van der Waals surface area contributed by atoms with Gasteiger partial charge in [0.1, 0.15) is 11.6 Å². The highest BCUT2D eigenvalue weighted by atomic mass is 16.4. The van der Waals surface area contributed by atoms with Crippen LogP contribution >= 0.6 is 0 Å². The maximum Gasteiger partial charge on any atom is 0.336 e. The van der Waals surface area contributed by atoms with Gasteiger partial charge >= 0.3 is 5.97 Å². The Balaban J connectivity index is 1.30. The SMILES string of the molecule is O=C(O)c1c(C2C3CC4CC2CC(C3)C4=O)cccc1C1C2CC3CC1CC(C2)C3=O. The molecule has 1 aromatic rings. The van der Waals surface area contributed by atoms with E-state index in [0.717, 1.165) is 62.5 Å². The van der Waals surface area contributed by atoms with Crippen molar-refractivity contribution in [2.24, 2.45) is 47.3 Å². The van der Waals surface area contributed by atoms with E-state index in [1.165, 1.54) is 0 Å². The van der Waals surface area contributed by atoms with Crippen LogP contribution in [0.25, 0.3) is 0 Å². The second kappa shape index (κ2) is 6.30. The van der Waals surface area contributed by atoms with Crippen molar-refractivity contribution in [3.8, 4) is 0 Å². The van der Waals surface area contributed by atoms with E-state index >= 15 is 0 Å². The van der Waals surface area contributed by atoms with Crippen LogP contribution in [-0.2, 0) is 9.59 Å². The highest BCUT2D eigenvalue weighted by Crippen LogP contribution is 2.61. The first-order valence-electron chi connectivity index (χ1n) is 12.4. The summed E-state index contributed by atoms with van der Waals surface area (Å²) in [5.74, 6) is 3.57. The normalized spacial score (nSPS) is 46.7. The molecule has 8 fully saturated rings. The number of carboxylic acid groups (broad SMARTS) is 1. The number of carboxylic acids is 1. The van der Waals surface area contributed by atoms with E-state index in [1.54, 1.807) is 0 Å². The number of hydrogen-bond donors (Lipinski definition) is 1. The number of benzene rings is 1. The molecule has 0 radical (unpaired) electrons. The van der Waals surface area contributed by atoms with Crippen molar-refractivity contribution in [3.63, 3.8) is 0 Å². The molecule has 0 aromatic heterocycles. The van der Waals surface area contributed by atoms with E-state index in [4.69, 9.17) is 0 Å². The lowest BCUT2D eigenvalue weighted by atomic mass is 9.48. The Bertz CT molecular complexity index is 872. The quantitative estimate of drug-likeness (QED) is 0.764. The molecule has 0 aliphatic heterocycles. The molecule has 8 bridgehead atoms. The number of rotatable bonds is 3. The predicted molar refractivity (Wildman–Crippen MR) is 114 cm³/mol. The molecule has 0 saturated heterocycles. The summed E-state index contributed by atoms with van der Waals surface area (Å²) >= 11 is 0. The van der Waals surface area contributed by atoms with Gasteiger partial charge in [-0.15, -0.1) is 0 Å². The average Bonchev–Trinajstić information content (AvgIpc) is 2.73. The molecule has 1 N–H and O–H groups in total. The summed E-state index contributed by atoms with van der Waals surface area (Å²) in [5, 5.41) is 10.4. The molecule has 0 spiro atoms. The van der Waals surface area contributed by atoms with Crippen LogP contribution in [-0.4, -0.2) is 22.6 Å². The van der Waals surface area contributed by atoms with Gasteiger partial charge in [-0.1, -0.05) is 18.2 Å². The van der Waals surface area contributed by atoms with E-state index in [2.05, 4.69) is 18.2 Å². The second-order valence-corrected chi connectivity index (χ2v) is 11.7. The molecular weight excluding hydrogens is 388 g/mol. The fraction of sp³-hybridized carbons (Fsp3) is 0.667. The number of aromatic carboxylic acids is 1. The van der Waals surface area contributed by atoms with Crippen LogP contribution in [0.3, 0.4) is 0 Å². The summed E-state index contributed by atoms with van der Waals surface area (Å²) in [5.41, 5.74) is 2.68. The van der Waals surface area contributed by atoms with Gasteiger partial charge in [-0.2, -0.15) is 0 Å². The lowest BCUT2D eigenvalue weighted by Crippen LogP contribution is -2.50. The Hall–Kier alpha value is -1.97. The Morgan fingerprint density at radius 1 is 0.645 bits per heavy atom. The summed E-state index contributed by atoms with van der Waals surface area (Å²) in [6.07, 6.45) is 7.67. The molecule has 31 heavy (non-hydrogen) atoms. The minimum Gasteiger partial charge on any atom is -0.478 e. The van der Waals surface area contributed by atoms with Crippen molar-refractivity contribution in [3.05, 3.63) is 34.9 Å². The first-order chi connectivity index (χ1) is 15.0. The third kappa shape index (κ3) is 2.45. The summed E-state index contributed by atoms with van der Waals surface area (Å²) < 4.78 is 0. The van der Waals surface area contributed by atoms with Gasteiger partial charge in [-0.25, -0.2) is 4.79 Å². The predicted octanol–water partition coefficient (Wildman–Crippen LogP) is 4.82. The summed E-state index contributed by atoms with van der Waals surface area (Å²) in [6.45, 7) is 0. The molecule has 4 nitrogen and oxygen atoms in total. The molecule has 0 amide bonds. The zero-order valence-electron chi connectivity index (χ0n) is 17.8. The zero-order valence-corrected chi connectivity index (χ0v) is 17.8. The van der Waals surface area contributed by atoms with E-state index in [-0.39, 0.29) is 23.7 Å². The topological polar surface area (TPSA) is 71.4 Å². The standard InChI is InChI=1S/C27H30O4/c28-25-16-4-12-5-17(25)7-13(6-16)22(12)20-2-1-3-21(24(20)27(30)31)23-14-8-18-10-15(23)11-19(9-14)26(18)29/h1-3,12-19,22-23H,4-11H2,(H,30,31). The highest BCUT2D eigenvalue weighted by molar-refractivity contribution is 5.92.